The summed E-state index contributed by atoms with van der Waals surface area (Å²) in [5.74, 6) is 0.518. The van der Waals surface area contributed by atoms with E-state index in [0.717, 1.165) is 28.9 Å². The molecule has 1 atom stereocenters. The highest BCUT2D eigenvalue weighted by atomic mass is 16.3. The zero-order chi connectivity index (χ0) is 18.6. The van der Waals surface area contributed by atoms with Crippen molar-refractivity contribution < 1.29 is 10.2 Å². The van der Waals surface area contributed by atoms with E-state index in [9.17, 15) is 10.2 Å². The maximum absolute atomic E-state index is 9.59. The van der Waals surface area contributed by atoms with Gasteiger partial charge >= 0.3 is 0 Å². The quantitative estimate of drug-likeness (QED) is 0.682. The number of nitrogens with zero attached hydrogens (tertiary/aromatic N) is 2. The molecule has 2 N–H and O–H groups in total. The van der Waals surface area contributed by atoms with Crippen LogP contribution in [0.25, 0.3) is 6.08 Å². The Morgan fingerprint density at radius 1 is 0.778 bits per heavy atom. The van der Waals surface area contributed by atoms with Gasteiger partial charge in [-0.1, -0.05) is 48.5 Å². The minimum absolute atomic E-state index is 0.0764. The Hall–Kier alpha value is -3.53. The number of hydrazone groups is 1. The molecule has 0 fully saturated rings. The molecule has 1 unspecified atom stereocenters. The van der Waals surface area contributed by atoms with Gasteiger partial charge in [-0.15, -0.1) is 0 Å². The molecule has 3 aromatic rings. The van der Waals surface area contributed by atoms with Gasteiger partial charge in [0.25, 0.3) is 0 Å². The third-order valence-electron chi connectivity index (χ3n) is 4.59. The second-order valence-electron chi connectivity index (χ2n) is 6.51. The Labute approximate surface area is 158 Å². The summed E-state index contributed by atoms with van der Waals surface area (Å²) in [6, 6.07) is 24.6. The Morgan fingerprint density at radius 3 is 2.07 bits per heavy atom. The lowest BCUT2D eigenvalue weighted by Crippen LogP contribution is -2.18. The summed E-state index contributed by atoms with van der Waals surface area (Å²) in [4.78, 5) is 0. The fraction of sp³-hybridized carbons (Fsp3) is 0.0870. The van der Waals surface area contributed by atoms with Gasteiger partial charge in [0.2, 0.25) is 0 Å². The van der Waals surface area contributed by atoms with E-state index in [1.54, 1.807) is 24.3 Å². The fourth-order valence-corrected chi connectivity index (χ4v) is 3.19. The predicted octanol–water partition coefficient (Wildman–Crippen LogP) is 5.12. The van der Waals surface area contributed by atoms with Crippen molar-refractivity contribution in [1.82, 2.24) is 0 Å². The van der Waals surface area contributed by atoms with Gasteiger partial charge in [0.05, 0.1) is 17.4 Å². The number of anilines is 1. The number of hydrogen-bond donors (Lipinski definition) is 2. The SMILES string of the molecule is Oc1ccc(/C=C/C2=NN(c3ccccc3)C(c3ccc(O)cc3)C2)cc1. The molecule has 0 saturated heterocycles. The molecule has 0 amide bonds. The standard InChI is InChI=1S/C23H20N2O2/c26-21-12-7-17(8-13-21)6-11-19-16-23(18-9-14-22(27)15-10-18)25(24-19)20-4-2-1-3-5-20/h1-15,23,26-27H,16H2/b11-6+. The van der Waals surface area contributed by atoms with Crippen molar-refractivity contribution in [2.75, 3.05) is 5.01 Å². The molecule has 134 valence electrons. The number of benzene rings is 3. The molecule has 0 aliphatic carbocycles. The molecule has 0 radical (unpaired) electrons. The van der Waals surface area contributed by atoms with Crippen molar-refractivity contribution in [2.45, 2.75) is 12.5 Å². The molecule has 27 heavy (non-hydrogen) atoms. The number of phenolic OH excluding ortho intramolecular Hbond substituents is 2. The van der Waals surface area contributed by atoms with Gasteiger partial charge in [-0.05, 0) is 53.6 Å². The maximum atomic E-state index is 9.59. The normalized spacial score (nSPS) is 16.7. The summed E-state index contributed by atoms with van der Waals surface area (Å²) >= 11 is 0. The minimum Gasteiger partial charge on any atom is -0.508 e. The van der Waals surface area contributed by atoms with E-state index in [1.807, 2.05) is 71.8 Å². The molecule has 0 bridgehead atoms. The average Bonchev–Trinajstić information content (AvgIpc) is 3.13. The summed E-state index contributed by atoms with van der Waals surface area (Å²) in [7, 11) is 0. The van der Waals surface area contributed by atoms with Gasteiger partial charge in [0.15, 0.2) is 0 Å². The molecule has 0 spiro atoms. The summed E-state index contributed by atoms with van der Waals surface area (Å²) < 4.78 is 0. The largest absolute Gasteiger partial charge is 0.508 e. The first-order valence-electron chi connectivity index (χ1n) is 8.87. The van der Waals surface area contributed by atoms with E-state index < -0.39 is 0 Å². The first-order valence-corrected chi connectivity index (χ1v) is 8.87. The molecule has 1 aliphatic heterocycles. The van der Waals surface area contributed by atoms with E-state index in [-0.39, 0.29) is 17.5 Å². The highest BCUT2D eigenvalue weighted by Crippen LogP contribution is 2.36. The lowest BCUT2D eigenvalue weighted by atomic mass is 10.0. The van der Waals surface area contributed by atoms with E-state index in [1.165, 1.54) is 0 Å². The van der Waals surface area contributed by atoms with Crippen LogP contribution in [0.1, 0.15) is 23.6 Å². The van der Waals surface area contributed by atoms with Gasteiger partial charge in [-0.25, -0.2) is 0 Å². The van der Waals surface area contributed by atoms with Crippen molar-refractivity contribution >= 4 is 17.5 Å². The van der Waals surface area contributed by atoms with Crippen molar-refractivity contribution in [3.8, 4) is 11.5 Å². The highest BCUT2D eigenvalue weighted by molar-refractivity contribution is 6.01. The van der Waals surface area contributed by atoms with Crippen LogP contribution in [0.2, 0.25) is 0 Å². The van der Waals surface area contributed by atoms with Crippen molar-refractivity contribution in [3.05, 3.63) is 96.1 Å². The Balaban J connectivity index is 1.63. The van der Waals surface area contributed by atoms with Crippen LogP contribution in [-0.2, 0) is 0 Å². The first-order chi connectivity index (χ1) is 13.2. The van der Waals surface area contributed by atoms with Gasteiger partial charge in [0, 0.05) is 6.42 Å². The third kappa shape index (κ3) is 3.85. The Morgan fingerprint density at radius 2 is 1.41 bits per heavy atom. The van der Waals surface area contributed by atoms with Gasteiger partial charge < -0.3 is 10.2 Å². The van der Waals surface area contributed by atoms with Gasteiger partial charge in [-0.3, -0.25) is 5.01 Å². The third-order valence-corrected chi connectivity index (χ3v) is 4.59. The second kappa shape index (κ2) is 7.38. The Bertz CT molecular complexity index is 962. The Kier molecular flexibility index (Phi) is 4.62. The van der Waals surface area contributed by atoms with E-state index >= 15 is 0 Å². The molecule has 0 saturated carbocycles. The molecule has 4 heteroatoms. The number of para-hydroxylation sites is 1. The van der Waals surface area contributed by atoms with Crippen LogP contribution < -0.4 is 5.01 Å². The lowest BCUT2D eigenvalue weighted by Gasteiger charge is -2.24. The van der Waals surface area contributed by atoms with Crippen LogP contribution in [-0.4, -0.2) is 15.9 Å². The smallest absolute Gasteiger partial charge is 0.115 e. The van der Waals surface area contributed by atoms with Crippen molar-refractivity contribution in [3.63, 3.8) is 0 Å². The van der Waals surface area contributed by atoms with E-state index in [2.05, 4.69) is 0 Å². The molecule has 3 aromatic carbocycles. The number of rotatable bonds is 4. The average molecular weight is 356 g/mol. The lowest BCUT2D eigenvalue weighted by molar-refractivity contribution is 0.474. The number of allylic oxidation sites excluding steroid dienone is 1. The topological polar surface area (TPSA) is 56.1 Å². The van der Waals surface area contributed by atoms with Crippen molar-refractivity contribution in [2.24, 2.45) is 5.10 Å². The zero-order valence-electron chi connectivity index (χ0n) is 14.7. The second-order valence-corrected chi connectivity index (χ2v) is 6.51. The highest BCUT2D eigenvalue weighted by Gasteiger charge is 2.28. The molecule has 4 rings (SSSR count). The van der Waals surface area contributed by atoms with Crippen LogP contribution in [0.5, 0.6) is 11.5 Å². The fourth-order valence-electron chi connectivity index (χ4n) is 3.19. The molecule has 1 aliphatic rings. The zero-order valence-corrected chi connectivity index (χ0v) is 14.7. The van der Waals surface area contributed by atoms with Crippen LogP contribution in [0.15, 0.2) is 90.0 Å². The first kappa shape index (κ1) is 16.9. The monoisotopic (exact) mass is 356 g/mol. The molecule has 0 aromatic heterocycles. The van der Waals surface area contributed by atoms with Crippen molar-refractivity contribution in [1.29, 1.82) is 0 Å². The van der Waals surface area contributed by atoms with E-state index in [4.69, 9.17) is 5.10 Å². The van der Waals surface area contributed by atoms with Crippen LogP contribution in [0, 0.1) is 0 Å². The van der Waals surface area contributed by atoms with Crippen LogP contribution in [0.3, 0.4) is 0 Å². The summed E-state index contributed by atoms with van der Waals surface area (Å²) in [5.41, 5.74) is 4.12. The van der Waals surface area contributed by atoms with Gasteiger partial charge in [0.1, 0.15) is 11.5 Å². The molecular formula is C23H20N2O2. The summed E-state index contributed by atoms with van der Waals surface area (Å²) in [6.45, 7) is 0. The number of phenols is 2. The predicted molar refractivity (Wildman–Crippen MR) is 109 cm³/mol. The molecular weight excluding hydrogens is 336 g/mol. The number of hydrogen-bond acceptors (Lipinski definition) is 4. The van der Waals surface area contributed by atoms with E-state index in [0.29, 0.717) is 0 Å². The summed E-state index contributed by atoms with van der Waals surface area (Å²) in [6.07, 6.45) is 4.79. The summed E-state index contributed by atoms with van der Waals surface area (Å²) in [5, 5.41) is 25.9. The van der Waals surface area contributed by atoms with Gasteiger partial charge in [-0.2, -0.15) is 5.10 Å². The minimum atomic E-state index is 0.0764. The molecule has 4 nitrogen and oxygen atoms in total. The molecule has 1 heterocycles. The maximum Gasteiger partial charge on any atom is 0.115 e. The van der Waals surface area contributed by atoms with Crippen LogP contribution >= 0.6 is 0 Å². The number of aromatic hydroxyl groups is 2. The van der Waals surface area contributed by atoms with Crippen LogP contribution in [0.4, 0.5) is 5.69 Å².